The smallest absolute Gasteiger partial charge is 0.241 e. The third-order valence-corrected chi connectivity index (χ3v) is 7.16. The lowest BCUT2D eigenvalue weighted by atomic mass is 10.1. The van der Waals surface area contributed by atoms with Crippen LogP contribution in [0.1, 0.15) is 24.7 Å². The Kier molecular flexibility index (Phi) is 4.80. The molecule has 1 fully saturated rings. The van der Waals surface area contributed by atoms with E-state index in [0.717, 1.165) is 3.57 Å². The summed E-state index contributed by atoms with van der Waals surface area (Å²) in [5, 5.41) is 1.95. The number of benzene rings is 1. The first-order chi connectivity index (χ1) is 11.2. The van der Waals surface area contributed by atoms with E-state index < -0.39 is 27.2 Å². The summed E-state index contributed by atoms with van der Waals surface area (Å²) in [4.78, 5) is 11.9. The molecular weight excluding hydrogens is 445 g/mol. The third kappa shape index (κ3) is 3.14. The quantitative estimate of drug-likeness (QED) is 0.650. The highest BCUT2D eigenvalue weighted by Gasteiger charge is 2.48. The number of nitrogens with one attached hydrogen (secondary N) is 1. The minimum absolute atomic E-state index is 0.194. The summed E-state index contributed by atoms with van der Waals surface area (Å²) in [6.07, 6.45) is -0.388. The number of rotatable bonds is 3. The number of hydrogen-bond donors (Lipinski definition) is 2. The summed E-state index contributed by atoms with van der Waals surface area (Å²) in [7, 11) is -3.77. The fourth-order valence-electron chi connectivity index (χ4n) is 3.38. The van der Waals surface area contributed by atoms with Gasteiger partial charge in [-0.2, -0.15) is 4.31 Å². The Hall–Kier alpha value is -0.910. The van der Waals surface area contributed by atoms with E-state index in [1.165, 1.54) is 4.31 Å². The van der Waals surface area contributed by atoms with Gasteiger partial charge in [0.15, 0.2) is 0 Å². The average molecular weight is 465 g/mol. The van der Waals surface area contributed by atoms with Crippen molar-refractivity contribution in [3.05, 3.63) is 27.3 Å². The van der Waals surface area contributed by atoms with Crippen LogP contribution in [0.5, 0.6) is 0 Å². The predicted molar refractivity (Wildman–Crippen MR) is 99.0 cm³/mol. The van der Waals surface area contributed by atoms with Crippen molar-refractivity contribution in [1.82, 2.24) is 4.31 Å². The third-order valence-electron chi connectivity index (χ3n) is 4.31. The minimum atomic E-state index is -3.77. The number of ether oxygens (including phenoxy) is 1. The lowest BCUT2D eigenvalue weighted by Crippen LogP contribution is -2.51. The maximum Gasteiger partial charge on any atom is 0.241 e. The second-order valence-corrected chi connectivity index (χ2v) is 9.60. The number of nitrogens with zero attached hydrogens (tertiary/aromatic N) is 1. The van der Waals surface area contributed by atoms with Crippen LogP contribution in [-0.2, 0) is 19.6 Å². The number of fused-ring (bicyclic) bond motifs is 1. The average Bonchev–Trinajstić information content (AvgIpc) is 2.85. The zero-order valence-electron chi connectivity index (χ0n) is 13.4. The van der Waals surface area contributed by atoms with Gasteiger partial charge in [0.25, 0.3) is 0 Å². The first-order valence-corrected chi connectivity index (χ1v) is 10.3. The molecule has 9 heteroatoms. The van der Waals surface area contributed by atoms with Crippen LogP contribution >= 0.6 is 22.6 Å². The SMILES string of the molecule is CC1CN(S(=O)(=O)C2c3cc(I)ccc3NC2C(N)=O)CC(C)O1. The van der Waals surface area contributed by atoms with E-state index in [-0.39, 0.29) is 25.3 Å². The molecular formula is C15H20IN3O4S. The molecule has 0 aliphatic carbocycles. The van der Waals surface area contributed by atoms with Gasteiger partial charge in [-0.3, -0.25) is 4.79 Å². The number of amides is 1. The van der Waals surface area contributed by atoms with Crippen LogP contribution in [-0.4, -0.2) is 50.0 Å². The summed E-state index contributed by atoms with van der Waals surface area (Å²) in [5.74, 6) is -0.677. The van der Waals surface area contributed by atoms with Crippen molar-refractivity contribution in [1.29, 1.82) is 0 Å². The van der Waals surface area contributed by atoms with Crippen molar-refractivity contribution in [2.45, 2.75) is 37.3 Å². The first kappa shape index (κ1) is 17.9. The van der Waals surface area contributed by atoms with Crippen molar-refractivity contribution < 1.29 is 17.9 Å². The zero-order valence-corrected chi connectivity index (χ0v) is 16.4. The van der Waals surface area contributed by atoms with Gasteiger partial charge in [0.05, 0.1) is 12.2 Å². The highest BCUT2D eigenvalue weighted by Crippen LogP contribution is 2.42. The molecule has 0 saturated carbocycles. The molecule has 1 saturated heterocycles. The number of anilines is 1. The Morgan fingerprint density at radius 3 is 2.54 bits per heavy atom. The molecule has 3 rings (SSSR count). The Labute approximate surface area is 155 Å². The molecule has 132 valence electrons. The lowest BCUT2D eigenvalue weighted by molar-refractivity contribution is -0.118. The Morgan fingerprint density at radius 2 is 1.96 bits per heavy atom. The molecule has 1 aromatic rings. The molecule has 1 amide bonds. The Bertz CT molecular complexity index is 760. The number of morpholine rings is 1. The van der Waals surface area contributed by atoms with Gasteiger partial charge in [0, 0.05) is 22.3 Å². The molecule has 2 aliphatic heterocycles. The number of primary amides is 1. The molecule has 4 unspecified atom stereocenters. The fraction of sp³-hybridized carbons (Fsp3) is 0.533. The van der Waals surface area contributed by atoms with E-state index in [4.69, 9.17) is 10.5 Å². The van der Waals surface area contributed by atoms with Gasteiger partial charge in [-0.1, -0.05) is 0 Å². The predicted octanol–water partition coefficient (Wildman–Crippen LogP) is 1.05. The van der Waals surface area contributed by atoms with Crippen LogP contribution in [0.4, 0.5) is 5.69 Å². The molecule has 0 bridgehead atoms. The van der Waals surface area contributed by atoms with Gasteiger partial charge < -0.3 is 15.8 Å². The van der Waals surface area contributed by atoms with Gasteiger partial charge in [-0.15, -0.1) is 0 Å². The van der Waals surface area contributed by atoms with Gasteiger partial charge in [0.1, 0.15) is 11.3 Å². The Balaban J connectivity index is 2.04. The maximum atomic E-state index is 13.3. The number of halogens is 1. The van der Waals surface area contributed by atoms with E-state index in [2.05, 4.69) is 27.9 Å². The number of nitrogens with two attached hydrogens (primary N) is 1. The van der Waals surface area contributed by atoms with Gasteiger partial charge >= 0.3 is 0 Å². The van der Waals surface area contributed by atoms with Crippen LogP contribution < -0.4 is 11.1 Å². The molecule has 0 aromatic heterocycles. The van der Waals surface area contributed by atoms with E-state index in [1.807, 2.05) is 19.9 Å². The Morgan fingerprint density at radius 1 is 1.33 bits per heavy atom. The second-order valence-electron chi connectivity index (χ2n) is 6.30. The first-order valence-electron chi connectivity index (χ1n) is 7.70. The van der Waals surface area contributed by atoms with Crippen molar-refractivity contribution in [2.75, 3.05) is 18.4 Å². The number of sulfonamides is 1. The highest BCUT2D eigenvalue weighted by atomic mass is 127. The molecule has 0 spiro atoms. The number of carbonyl (C=O) groups is 1. The van der Waals surface area contributed by atoms with Crippen molar-refractivity contribution in [3.63, 3.8) is 0 Å². The molecule has 1 aromatic carbocycles. The molecule has 7 nitrogen and oxygen atoms in total. The fourth-order valence-corrected chi connectivity index (χ4v) is 6.11. The normalized spacial score (nSPS) is 30.6. The van der Waals surface area contributed by atoms with E-state index >= 15 is 0 Å². The minimum Gasteiger partial charge on any atom is -0.373 e. The molecule has 3 N–H and O–H groups in total. The second kappa shape index (κ2) is 6.43. The number of hydrogen-bond acceptors (Lipinski definition) is 5. The van der Waals surface area contributed by atoms with Crippen molar-refractivity contribution >= 4 is 44.2 Å². The van der Waals surface area contributed by atoms with Crippen molar-refractivity contribution in [2.24, 2.45) is 5.73 Å². The van der Waals surface area contributed by atoms with Gasteiger partial charge in [-0.25, -0.2) is 8.42 Å². The molecule has 24 heavy (non-hydrogen) atoms. The summed E-state index contributed by atoms with van der Waals surface area (Å²) >= 11 is 2.12. The summed E-state index contributed by atoms with van der Waals surface area (Å²) in [6.45, 7) is 4.23. The maximum absolute atomic E-state index is 13.3. The van der Waals surface area contributed by atoms with Gasteiger partial charge in [-0.05, 0) is 60.2 Å². The van der Waals surface area contributed by atoms with Crippen LogP contribution in [0.3, 0.4) is 0 Å². The lowest BCUT2D eigenvalue weighted by Gasteiger charge is -2.36. The van der Waals surface area contributed by atoms with Crippen LogP contribution in [0.25, 0.3) is 0 Å². The van der Waals surface area contributed by atoms with Crippen LogP contribution in [0, 0.1) is 3.57 Å². The zero-order chi connectivity index (χ0) is 17.6. The number of carbonyl (C=O) groups excluding carboxylic acids is 1. The highest BCUT2D eigenvalue weighted by molar-refractivity contribution is 14.1. The molecule has 2 heterocycles. The monoisotopic (exact) mass is 465 g/mol. The molecule has 2 aliphatic rings. The van der Waals surface area contributed by atoms with E-state index in [1.54, 1.807) is 12.1 Å². The summed E-state index contributed by atoms with van der Waals surface area (Å²) in [5.41, 5.74) is 6.71. The van der Waals surface area contributed by atoms with Crippen LogP contribution in [0.15, 0.2) is 18.2 Å². The molecule has 0 radical (unpaired) electrons. The standard InChI is InChI=1S/C15H20IN3O4S/c1-8-6-19(7-9(2)23-8)24(21,22)14-11-5-10(16)3-4-12(11)18-13(14)15(17)20/h3-5,8-9,13-14,18H,6-7H2,1-2H3,(H2,17,20). The topological polar surface area (TPSA) is 102 Å². The van der Waals surface area contributed by atoms with Crippen molar-refractivity contribution in [3.8, 4) is 0 Å². The molecule has 4 atom stereocenters. The van der Waals surface area contributed by atoms with E-state index in [0.29, 0.717) is 11.3 Å². The summed E-state index contributed by atoms with van der Waals surface area (Å²) in [6, 6.07) is 4.46. The van der Waals surface area contributed by atoms with Crippen LogP contribution in [0.2, 0.25) is 0 Å². The largest absolute Gasteiger partial charge is 0.373 e. The van der Waals surface area contributed by atoms with E-state index in [9.17, 15) is 13.2 Å². The summed E-state index contributed by atoms with van der Waals surface area (Å²) < 4.78 is 34.5. The van der Waals surface area contributed by atoms with Gasteiger partial charge in [0.2, 0.25) is 15.9 Å².